The van der Waals surface area contributed by atoms with Crippen LogP contribution in [0.15, 0.2) is 54.6 Å². The van der Waals surface area contributed by atoms with E-state index in [9.17, 15) is 18.0 Å². The van der Waals surface area contributed by atoms with E-state index in [-0.39, 0.29) is 18.5 Å². The molecule has 2 amide bonds. The first-order valence-electron chi connectivity index (χ1n) is 12.3. The van der Waals surface area contributed by atoms with Crippen LogP contribution in [0.5, 0.6) is 0 Å². The molecular formula is C27H37N3O4S. The fourth-order valence-corrected chi connectivity index (χ4v) is 5.48. The van der Waals surface area contributed by atoms with Crippen molar-refractivity contribution < 1.29 is 18.0 Å². The highest BCUT2D eigenvalue weighted by Gasteiger charge is 2.31. The maximum Gasteiger partial charge on any atom is 0.244 e. The quantitative estimate of drug-likeness (QED) is 0.540. The molecule has 2 aromatic carbocycles. The molecule has 0 heterocycles. The van der Waals surface area contributed by atoms with Gasteiger partial charge in [0.05, 0.1) is 11.9 Å². The highest BCUT2D eigenvalue weighted by Crippen LogP contribution is 2.23. The fraction of sp³-hybridized carbons (Fsp3) is 0.481. The van der Waals surface area contributed by atoms with E-state index in [4.69, 9.17) is 0 Å². The van der Waals surface area contributed by atoms with Gasteiger partial charge in [-0.15, -0.1) is 0 Å². The number of carbonyl (C=O) groups excluding carboxylic acids is 2. The van der Waals surface area contributed by atoms with Gasteiger partial charge in [-0.05, 0) is 50.3 Å². The number of nitrogens with zero attached hydrogens (tertiary/aromatic N) is 2. The van der Waals surface area contributed by atoms with E-state index in [0.717, 1.165) is 47.4 Å². The summed E-state index contributed by atoms with van der Waals surface area (Å²) in [5.74, 6) is -0.596. The number of aryl methyl sites for hydroxylation is 1. The first-order chi connectivity index (χ1) is 16.7. The summed E-state index contributed by atoms with van der Waals surface area (Å²) >= 11 is 0. The molecule has 0 spiro atoms. The molecule has 2 aromatic rings. The van der Waals surface area contributed by atoms with E-state index in [2.05, 4.69) is 5.32 Å². The summed E-state index contributed by atoms with van der Waals surface area (Å²) in [4.78, 5) is 28.2. The van der Waals surface area contributed by atoms with Crippen molar-refractivity contribution in [1.29, 1.82) is 0 Å². The molecule has 1 atom stereocenters. The summed E-state index contributed by atoms with van der Waals surface area (Å²) in [5.41, 5.74) is 2.26. The Kier molecular flexibility index (Phi) is 9.32. The molecule has 1 N–H and O–H groups in total. The monoisotopic (exact) mass is 499 g/mol. The fourth-order valence-electron chi connectivity index (χ4n) is 4.58. The van der Waals surface area contributed by atoms with E-state index in [0.29, 0.717) is 18.7 Å². The van der Waals surface area contributed by atoms with Gasteiger partial charge in [0.25, 0.3) is 0 Å². The number of anilines is 1. The Balaban J connectivity index is 1.82. The second-order valence-electron chi connectivity index (χ2n) is 9.40. The van der Waals surface area contributed by atoms with Gasteiger partial charge in [0.1, 0.15) is 12.6 Å². The van der Waals surface area contributed by atoms with Crippen LogP contribution in [0.1, 0.15) is 50.2 Å². The van der Waals surface area contributed by atoms with Crippen LogP contribution < -0.4 is 9.62 Å². The Morgan fingerprint density at radius 2 is 1.63 bits per heavy atom. The SMILES string of the molecule is Cc1ccccc1N(CC(=O)N(CCc1ccccc1)[C@@H](C)C(=O)NC1CCCCC1)S(C)(=O)=O. The lowest BCUT2D eigenvalue weighted by Crippen LogP contribution is -2.53. The minimum atomic E-state index is -3.72. The molecule has 0 bridgehead atoms. The number of hydrogen-bond acceptors (Lipinski definition) is 4. The zero-order valence-corrected chi connectivity index (χ0v) is 21.8. The molecule has 1 fully saturated rings. The van der Waals surface area contributed by atoms with Gasteiger partial charge < -0.3 is 10.2 Å². The van der Waals surface area contributed by atoms with Crippen LogP contribution in [-0.2, 0) is 26.0 Å². The van der Waals surface area contributed by atoms with Gasteiger partial charge >= 0.3 is 0 Å². The molecule has 0 saturated heterocycles. The minimum Gasteiger partial charge on any atom is -0.352 e. The van der Waals surface area contributed by atoms with E-state index in [1.165, 1.54) is 11.3 Å². The number of hydrogen-bond donors (Lipinski definition) is 1. The van der Waals surface area contributed by atoms with Crippen molar-refractivity contribution in [3.05, 3.63) is 65.7 Å². The predicted octanol–water partition coefficient (Wildman–Crippen LogP) is 3.67. The normalized spacial score (nSPS) is 15.3. The van der Waals surface area contributed by atoms with Crippen LogP contribution in [0.25, 0.3) is 0 Å². The van der Waals surface area contributed by atoms with Crippen LogP contribution in [0.3, 0.4) is 0 Å². The number of rotatable bonds is 10. The summed E-state index contributed by atoms with van der Waals surface area (Å²) < 4.78 is 26.5. The maximum atomic E-state index is 13.6. The van der Waals surface area contributed by atoms with Crippen LogP contribution in [0.4, 0.5) is 5.69 Å². The molecular weight excluding hydrogens is 462 g/mol. The van der Waals surface area contributed by atoms with Crippen LogP contribution in [0.2, 0.25) is 0 Å². The Hall–Kier alpha value is -2.87. The number of amides is 2. The Bertz CT molecular complexity index is 1100. The van der Waals surface area contributed by atoms with Crippen molar-refractivity contribution in [2.24, 2.45) is 0 Å². The lowest BCUT2D eigenvalue weighted by atomic mass is 9.95. The summed E-state index contributed by atoms with van der Waals surface area (Å²) in [6.07, 6.45) is 6.93. The topological polar surface area (TPSA) is 86.8 Å². The van der Waals surface area contributed by atoms with Gasteiger partial charge in [0.15, 0.2) is 0 Å². The third-order valence-electron chi connectivity index (χ3n) is 6.67. The maximum absolute atomic E-state index is 13.6. The zero-order chi connectivity index (χ0) is 25.4. The third-order valence-corrected chi connectivity index (χ3v) is 7.79. The molecule has 1 aliphatic carbocycles. The summed E-state index contributed by atoms with van der Waals surface area (Å²) in [7, 11) is -3.72. The second-order valence-corrected chi connectivity index (χ2v) is 11.3. The lowest BCUT2D eigenvalue weighted by Gasteiger charge is -2.33. The van der Waals surface area contributed by atoms with Crippen LogP contribution in [0, 0.1) is 6.92 Å². The summed E-state index contributed by atoms with van der Waals surface area (Å²) in [6, 6.07) is 16.2. The summed E-state index contributed by atoms with van der Waals surface area (Å²) in [5, 5.41) is 3.11. The van der Waals surface area contributed by atoms with Crippen molar-refractivity contribution in [2.45, 2.75) is 64.5 Å². The number of sulfonamides is 1. The average Bonchev–Trinajstić information content (AvgIpc) is 2.83. The zero-order valence-electron chi connectivity index (χ0n) is 20.9. The highest BCUT2D eigenvalue weighted by atomic mass is 32.2. The number of carbonyl (C=O) groups is 2. The van der Waals surface area contributed by atoms with Gasteiger partial charge in [0.2, 0.25) is 21.8 Å². The molecule has 1 saturated carbocycles. The van der Waals surface area contributed by atoms with Gasteiger partial charge in [-0.25, -0.2) is 8.42 Å². The van der Waals surface area contributed by atoms with Crippen molar-refractivity contribution in [1.82, 2.24) is 10.2 Å². The van der Waals surface area contributed by atoms with Crippen molar-refractivity contribution in [2.75, 3.05) is 23.7 Å². The van der Waals surface area contributed by atoms with E-state index >= 15 is 0 Å². The predicted molar refractivity (Wildman–Crippen MR) is 140 cm³/mol. The molecule has 35 heavy (non-hydrogen) atoms. The van der Waals surface area contributed by atoms with Gasteiger partial charge in [0, 0.05) is 12.6 Å². The van der Waals surface area contributed by atoms with Crippen LogP contribution in [-0.4, -0.2) is 56.6 Å². The molecule has 1 aliphatic rings. The molecule has 8 heteroatoms. The minimum absolute atomic E-state index is 0.129. The molecule has 7 nitrogen and oxygen atoms in total. The van der Waals surface area contributed by atoms with Crippen molar-refractivity contribution >= 4 is 27.5 Å². The van der Waals surface area contributed by atoms with E-state index in [1.54, 1.807) is 19.1 Å². The molecule has 0 radical (unpaired) electrons. The Morgan fingerprint density at radius 1 is 1.00 bits per heavy atom. The number of nitrogens with one attached hydrogen (secondary N) is 1. The van der Waals surface area contributed by atoms with Gasteiger partial charge in [-0.2, -0.15) is 0 Å². The number of para-hydroxylation sites is 1. The molecule has 3 rings (SSSR count). The largest absolute Gasteiger partial charge is 0.352 e. The Labute approximate surface area is 209 Å². The van der Waals surface area contributed by atoms with Crippen molar-refractivity contribution in [3.63, 3.8) is 0 Å². The average molecular weight is 500 g/mol. The lowest BCUT2D eigenvalue weighted by molar-refractivity contribution is -0.139. The highest BCUT2D eigenvalue weighted by molar-refractivity contribution is 7.92. The molecule has 0 unspecified atom stereocenters. The third kappa shape index (κ3) is 7.56. The van der Waals surface area contributed by atoms with Crippen molar-refractivity contribution in [3.8, 4) is 0 Å². The second kappa shape index (κ2) is 12.2. The standard InChI is InChI=1S/C27H37N3O4S/c1-21-12-10-11-17-25(21)30(35(3,33)34)20-26(31)29(19-18-23-13-6-4-7-14-23)22(2)27(32)28-24-15-8-5-9-16-24/h4,6-7,10-14,17,22,24H,5,8-9,15-16,18-20H2,1-3H3,(H,28,32)/t22-/m0/s1. The molecule has 190 valence electrons. The first kappa shape index (κ1) is 26.7. The number of benzene rings is 2. The van der Waals surface area contributed by atoms with Gasteiger partial charge in [-0.3, -0.25) is 13.9 Å². The van der Waals surface area contributed by atoms with E-state index in [1.807, 2.05) is 49.4 Å². The first-order valence-corrected chi connectivity index (χ1v) is 14.2. The molecule has 0 aromatic heterocycles. The van der Waals surface area contributed by atoms with E-state index < -0.39 is 22.0 Å². The Morgan fingerprint density at radius 3 is 2.26 bits per heavy atom. The molecule has 0 aliphatic heterocycles. The smallest absolute Gasteiger partial charge is 0.244 e. The van der Waals surface area contributed by atoms with Gasteiger partial charge in [-0.1, -0.05) is 67.8 Å². The summed E-state index contributed by atoms with van der Waals surface area (Å²) in [6.45, 7) is 3.48. The van der Waals surface area contributed by atoms with Crippen LogP contribution >= 0.6 is 0 Å².